The summed E-state index contributed by atoms with van der Waals surface area (Å²) in [5.74, 6) is 2.30. The summed E-state index contributed by atoms with van der Waals surface area (Å²) in [5, 5.41) is 8.46. The van der Waals surface area contributed by atoms with E-state index in [1.54, 1.807) is 14.2 Å². The fourth-order valence-corrected chi connectivity index (χ4v) is 7.34. The molecule has 3 aromatic carbocycles. The molecule has 0 bridgehead atoms. The Bertz CT molecular complexity index is 1890. The minimum absolute atomic E-state index is 0.212. The first kappa shape index (κ1) is 36.3. The number of benzene rings is 3. The standard InChI is InChI=1S/C29H31N7.C8H13NO3.C2H6O/c1-36-16-22(30)14-27(36)29-32-15-26(35-29)21-7-6-17-11-18(4-5-19(17)12-21)20-8-9-23-25(13-20)34-28(33-23)24-3-2-10-31-24;10-5-8(9-6-11)7-1-3-12-4-2-7;1-3-2/h4-9,11-13,15,22,24,27,31H,2-3,10,14,16,30H2,1H3,(H,32,35)(H,33,34);5-8H,1-4H2,(H,9,11);1-2H3/t22-,24+,27+;;/m1../s1. The molecule has 4 atom stereocenters. The van der Waals surface area contributed by atoms with Crippen LogP contribution in [0, 0.1) is 5.92 Å². The number of nitrogens with zero attached hydrogens (tertiary/aromatic N) is 3. The van der Waals surface area contributed by atoms with Crippen molar-refractivity contribution in [2.24, 2.45) is 11.7 Å². The predicted molar refractivity (Wildman–Crippen MR) is 200 cm³/mol. The second kappa shape index (κ2) is 17.2. The number of carbonyl (C=O) groups is 2. The Morgan fingerprint density at radius 1 is 0.961 bits per heavy atom. The molecular weight excluding hydrogens is 644 g/mol. The van der Waals surface area contributed by atoms with Gasteiger partial charge in [0.15, 0.2) is 0 Å². The van der Waals surface area contributed by atoms with E-state index in [2.05, 4.69) is 96.9 Å². The Morgan fingerprint density at radius 3 is 2.33 bits per heavy atom. The Hall–Kier alpha value is -4.46. The summed E-state index contributed by atoms with van der Waals surface area (Å²) in [6, 6.07) is 20.3. The molecule has 6 N–H and O–H groups in total. The van der Waals surface area contributed by atoms with Crippen LogP contribution in [0.15, 0.2) is 60.8 Å². The van der Waals surface area contributed by atoms with Gasteiger partial charge in [-0.1, -0.05) is 30.3 Å². The van der Waals surface area contributed by atoms with E-state index >= 15 is 0 Å². The molecule has 51 heavy (non-hydrogen) atoms. The van der Waals surface area contributed by atoms with E-state index in [1.807, 2.05) is 6.20 Å². The van der Waals surface area contributed by atoms with Crippen molar-refractivity contribution < 1.29 is 19.1 Å². The molecule has 0 radical (unpaired) electrons. The Labute approximate surface area is 298 Å². The summed E-state index contributed by atoms with van der Waals surface area (Å²) in [5.41, 5.74) is 12.9. The first-order chi connectivity index (χ1) is 24.9. The van der Waals surface area contributed by atoms with Gasteiger partial charge in [0.05, 0.1) is 41.0 Å². The summed E-state index contributed by atoms with van der Waals surface area (Å²) in [4.78, 5) is 39.5. The summed E-state index contributed by atoms with van der Waals surface area (Å²) >= 11 is 0. The number of hydrogen-bond donors (Lipinski definition) is 5. The van der Waals surface area contributed by atoms with Gasteiger partial charge >= 0.3 is 0 Å². The molecule has 0 spiro atoms. The molecular formula is C39H50N8O4. The molecule has 3 fully saturated rings. The molecule has 3 saturated heterocycles. The van der Waals surface area contributed by atoms with Gasteiger partial charge in [-0.15, -0.1) is 0 Å². The van der Waals surface area contributed by atoms with Crippen molar-refractivity contribution in [3.8, 4) is 22.4 Å². The first-order valence-electron chi connectivity index (χ1n) is 17.8. The molecule has 0 saturated carbocycles. The van der Waals surface area contributed by atoms with Crippen molar-refractivity contribution in [3.05, 3.63) is 72.4 Å². The number of aromatic amines is 2. The molecule has 270 valence electrons. The summed E-state index contributed by atoms with van der Waals surface area (Å²) in [6.07, 6.45) is 8.31. The normalized spacial score (nSPS) is 21.5. The van der Waals surface area contributed by atoms with E-state index in [-0.39, 0.29) is 24.0 Å². The number of methoxy groups -OCH3 is 1. The van der Waals surface area contributed by atoms with Gasteiger partial charge in [0.1, 0.15) is 17.9 Å². The van der Waals surface area contributed by atoms with Crippen molar-refractivity contribution in [1.29, 1.82) is 0 Å². The molecule has 1 unspecified atom stereocenters. The van der Waals surface area contributed by atoms with Crippen LogP contribution in [0.5, 0.6) is 0 Å². The second-order valence-electron chi connectivity index (χ2n) is 13.7. The third-order valence-electron chi connectivity index (χ3n) is 10.0. The van der Waals surface area contributed by atoms with Gasteiger partial charge in [0.25, 0.3) is 0 Å². The van der Waals surface area contributed by atoms with Gasteiger partial charge in [-0.2, -0.15) is 0 Å². The Kier molecular flexibility index (Phi) is 12.2. The van der Waals surface area contributed by atoms with Crippen LogP contribution in [0.3, 0.4) is 0 Å². The van der Waals surface area contributed by atoms with Crippen LogP contribution >= 0.6 is 0 Å². The van der Waals surface area contributed by atoms with E-state index in [1.165, 1.54) is 28.3 Å². The highest BCUT2D eigenvalue weighted by Crippen LogP contribution is 2.33. The SMILES string of the molecule is CN1C[C@H](N)C[C@H]1c1ncc(-c2ccc3cc(-c4ccc5nc([C@@H]6CCCN6)[nH]c5c4)ccc3c2)[nH]1.COC.O=CNC(C=O)C1CCOCC1. The number of carbonyl (C=O) groups excluding carboxylic acids is 2. The number of rotatable bonds is 8. The molecule has 3 aliphatic heterocycles. The van der Waals surface area contributed by atoms with Crippen LogP contribution in [-0.2, 0) is 19.1 Å². The highest BCUT2D eigenvalue weighted by molar-refractivity contribution is 5.91. The van der Waals surface area contributed by atoms with Gasteiger partial charge in [0, 0.05) is 45.6 Å². The van der Waals surface area contributed by atoms with Crippen LogP contribution in [0.2, 0.25) is 0 Å². The Morgan fingerprint density at radius 2 is 1.67 bits per heavy atom. The Balaban J connectivity index is 0.000000252. The molecule has 12 nitrogen and oxygen atoms in total. The number of fused-ring (bicyclic) bond motifs is 2. The van der Waals surface area contributed by atoms with Crippen LogP contribution in [0.4, 0.5) is 0 Å². The van der Waals surface area contributed by atoms with E-state index < -0.39 is 0 Å². The maximum absolute atomic E-state index is 10.5. The third-order valence-corrected chi connectivity index (χ3v) is 10.0. The van der Waals surface area contributed by atoms with Crippen molar-refractivity contribution in [2.75, 3.05) is 47.6 Å². The van der Waals surface area contributed by atoms with Crippen LogP contribution < -0.4 is 16.4 Å². The lowest BCUT2D eigenvalue weighted by atomic mass is 9.93. The minimum atomic E-state index is -0.327. The molecule has 3 aliphatic rings. The molecule has 8 rings (SSSR count). The number of aldehydes is 1. The summed E-state index contributed by atoms with van der Waals surface area (Å²) in [6.45, 7) is 3.36. The van der Waals surface area contributed by atoms with E-state index in [0.29, 0.717) is 25.7 Å². The predicted octanol–water partition coefficient (Wildman–Crippen LogP) is 4.89. The molecule has 5 heterocycles. The van der Waals surface area contributed by atoms with Gasteiger partial charge in [-0.3, -0.25) is 9.69 Å². The number of ether oxygens (including phenoxy) is 2. The van der Waals surface area contributed by atoms with E-state index in [4.69, 9.17) is 15.5 Å². The van der Waals surface area contributed by atoms with Crippen molar-refractivity contribution in [2.45, 2.75) is 56.3 Å². The highest BCUT2D eigenvalue weighted by Gasteiger charge is 2.30. The van der Waals surface area contributed by atoms with Gasteiger partial charge in [-0.05, 0) is 97.8 Å². The minimum Gasteiger partial charge on any atom is -0.388 e. The lowest BCUT2D eigenvalue weighted by Crippen LogP contribution is -2.39. The number of hydrogen-bond acceptors (Lipinski definition) is 9. The molecule has 2 aromatic heterocycles. The number of imidazole rings is 2. The summed E-state index contributed by atoms with van der Waals surface area (Å²) < 4.78 is 9.39. The maximum Gasteiger partial charge on any atom is 0.207 e. The average molecular weight is 695 g/mol. The average Bonchev–Trinajstić information content (AvgIpc) is 3.98. The quantitative estimate of drug-likeness (QED) is 0.142. The third kappa shape index (κ3) is 8.71. The number of aromatic nitrogens is 4. The zero-order valence-electron chi connectivity index (χ0n) is 29.7. The second-order valence-corrected chi connectivity index (χ2v) is 13.7. The first-order valence-corrected chi connectivity index (χ1v) is 17.8. The van der Waals surface area contributed by atoms with E-state index in [9.17, 15) is 9.59 Å². The highest BCUT2D eigenvalue weighted by atomic mass is 16.5. The fourth-order valence-electron chi connectivity index (χ4n) is 7.34. The number of nitrogens with one attached hydrogen (secondary N) is 4. The zero-order valence-corrected chi connectivity index (χ0v) is 29.7. The lowest BCUT2D eigenvalue weighted by molar-refractivity contribution is -0.117. The van der Waals surface area contributed by atoms with Crippen LogP contribution in [0.1, 0.15) is 55.8 Å². The monoisotopic (exact) mass is 694 g/mol. The van der Waals surface area contributed by atoms with Crippen molar-refractivity contribution in [3.63, 3.8) is 0 Å². The smallest absolute Gasteiger partial charge is 0.207 e. The fraction of sp³-hybridized carbons (Fsp3) is 0.436. The topological polar surface area (TPSA) is 163 Å². The molecule has 12 heteroatoms. The number of H-pyrrole nitrogens is 2. The molecule has 1 amide bonds. The molecule has 5 aromatic rings. The summed E-state index contributed by atoms with van der Waals surface area (Å²) in [7, 11) is 5.36. The van der Waals surface area contributed by atoms with Gasteiger partial charge < -0.3 is 40.6 Å². The number of likely N-dealkylation sites (N-methyl/N-ethyl adjacent to an activating group) is 1. The van der Waals surface area contributed by atoms with Crippen LogP contribution in [0.25, 0.3) is 44.2 Å². The van der Waals surface area contributed by atoms with Gasteiger partial charge in [0.2, 0.25) is 6.41 Å². The van der Waals surface area contributed by atoms with Crippen LogP contribution in [-0.4, -0.2) is 97.2 Å². The maximum atomic E-state index is 10.5. The largest absolute Gasteiger partial charge is 0.388 e. The van der Waals surface area contributed by atoms with Crippen molar-refractivity contribution in [1.82, 2.24) is 35.5 Å². The number of nitrogens with two attached hydrogens (primary N) is 1. The number of amides is 1. The van der Waals surface area contributed by atoms with Crippen molar-refractivity contribution >= 4 is 34.5 Å². The number of likely N-dealkylation sites (tertiary alicyclic amines) is 1. The molecule has 0 aliphatic carbocycles. The zero-order chi connectivity index (χ0) is 35.7. The lowest BCUT2D eigenvalue weighted by Gasteiger charge is -2.25. The van der Waals surface area contributed by atoms with Gasteiger partial charge in [-0.25, -0.2) is 9.97 Å². The van der Waals surface area contributed by atoms with E-state index in [0.717, 1.165) is 79.0 Å².